The van der Waals surface area contributed by atoms with Crippen molar-refractivity contribution in [1.29, 1.82) is 0 Å². The van der Waals surface area contributed by atoms with Crippen molar-refractivity contribution in [3.63, 3.8) is 0 Å². The normalized spacial score (nSPS) is 12.3. The largest absolute Gasteiger partial charge is 0.463 e. The number of fused-ring (bicyclic) bond motifs is 1. The van der Waals surface area contributed by atoms with Gasteiger partial charge in [0.1, 0.15) is 11.5 Å². The summed E-state index contributed by atoms with van der Waals surface area (Å²) in [6, 6.07) is 15.2. The topological polar surface area (TPSA) is 76.8 Å². The molecule has 5 heteroatoms. The summed E-state index contributed by atoms with van der Waals surface area (Å²) < 4.78 is 5.10. The SMILES string of the molecule is N/C(=N/N=C/c1ccco1)c1ccc2ccccc2n1. The first kappa shape index (κ1) is 12.1. The minimum Gasteiger partial charge on any atom is -0.463 e. The zero-order chi connectivity index (χ0) is 13.8. The average molecular weight is 264 g/mol. The highest BCUT2D eigenvalue weighted by Gasteiger charge is 2.01. The second-order valence-electron chi connectivity index (χ2n) is 4.13. The van der Waals surface area contributed by atoms with Gasteiger partial charge in [-0.25, -0.2) is 4.98 Å². The van der Waals surface area contributed by atoms with Crippen LogP contribution in [0.3, 0.4) is 0 Å². The molecule has 0 atom stereocenters. The van der Waals surface area contributed by atoms with Crippen molar-refractivity contribution in [3.8, 4) is 0 Å². The number of aromatic nitrogens is 1. The Balaban J connectivity index is 1.86. The Labute approximate surface area is 115 Å². The zero-order valence-electron chi connectivity index (χ0n) is 10.6. The fourth-order valence-corrected chi connectivity index (χ4v) is 1.77. The van der Waals surface area contributed by atoms with E-state index >= 15 is 0 Å². The zero-order valence-corrected chi connectivity index (χ0v) is 10.6. The molecular formula is C15H12N4O. The summed E-state index contributed by atoms with van der Waals surface area (Å²) in [6.07, 6.45) is 3.06. The van der Waals surface area contributed by atoms with E-state index in [4.69, 9.17) is 10.2 Å². The van der Waals surface area contributed by atoms with Gasteiger partial charge in [0.05, 0.1) is 18.0 Å². The molecular weight excluding hydrogens is 252 g/mol. The Morgan fingerprint density at radius 1 is 1.10 bits per heavy atom. The van der Waals surface area contributed by atoms with Crippen LogP contribution in [0.15, 0.2) is 69.4 Å². The van der Waals surface area contributed by atoms with Crippen molar-refractivity contribution in [3.05, 3.63) is 66.2 Å². The summed E-state index contributed by atoms with van der Waals surface area (Å²) in [4.78, 5) is 4.44. The number of para-hydroxylation sites is 1. The molecule has 0 radical (unpaired) electrons. The summed E-state index contributed by atoms with van der Waals surface area (Å²) in [5, 5.41) is 8.85. The predicted octanol–water partition coefficient (Wildman–Crippen LogP) is 2.57. The number of hydrogen-bond acceptors (Lipinski definition) is 4. The van der Waals surface area contributed by atoms with Gasteiger partial charge in [0.25, 0.3) is 0 Å². The van der Waals surface area contributed by atoms with Gasteiger partial charge in [-0.15, -0.1) is 5.10 Å². The van der Waals surface area contributed by atoms with Gasteiger partial charge >= 0.3 is 0 Å². The van der Waals surface area contributed by atoms with Crippen LogP contribution >= 0.6 is 0 Å². The van der Waals surface area contributed by atoms with Crippen LogP contribution in [0.4, 0.5) is 0 Å². The molecule has 0 aliphatic rings. The number of rotatable bonds is 3. The number of benzene rings is 1. The van der Waals surface area contributed by atoms with Crippen molar-refractivity contribution in [2.45, 2.75) is 0 Å². The van der Waals surface area contributed by atoms with Crippen molar-refractivity contribution >= 4 is 23.0 Å². The highest BCUT2D eigenvalue weighted by atomic mass is 16.3. The van der Waals surface area contributed by atoms with E-state index in [0.29, 0.717) is 11.5 Å². The van der Waals surface area contributed by atoms with Gasteiger partial charge in [0, 0.05) is 5.39 Å². The van der Waals surface area contributed by atoms with Gasteiger partial charge in [-0.05, 0) is 24.3 Å². The molecule has 0 aliphatic heterocycles. The Morgan fingerprint density at radius 3 is 2.85 bits per heavy atom. The summed E-state index contributed by atoms with van der Waals surface area (Å²) >= 11 is 0. The van der Waals surface area contributed by atoms with E-state index in [9.17, 15) is 0 Å². The molecule has 5 nitrogen and oxygen atoms in total. The molecule has 1 aromatic carbocycles. The number of nitrogens with two attached hydrogens (primary N) is 1. The minimum atomic E-state index is 0.263. The van der Waals surface area contributed by atoms with Crippen LogP contribution in [-0.2, 0) is 0 Å². The van der Waals surface area contributed by atoms with Crippen LogP contribution in [0, 0.1) is 0 Å². The number of furan rings is 1. The van der Waals surface area contributed by atoms with Crippen LogP contribution < -0.4 is 5.73 Å². The van der Waals surface area contributed by atoms with Crippen LogP contribution in [0.5, 0.6) is 0 Å². The van der Waals surface area contributed by atoms with Crippen LogP contribution in [-0.4, -0.2) is 17.0 Å². The number of pyridine rings is 1. The van der Waals surface area contributed by atoms with Crippen molar-refractivity contribution < 1.29 is 4.42 Å². The van der Waals surface area contributed by atoms with Gasteiger partial charge in [-0.1, -0.05) is 24.3 Å². The highest BCUT2D eigenvalue weighted by Crippen LogP contribution is 2.11. The standard InChI is InChI=1S/C15H12N4O/c16-15(19-17-10-12-5-3-9-20-12)14-8-7-11-4-1-2-6-13(11)18-14/h1-10H,(H2,16,19)/b17-10+. The van der Waals surface area contributed by atoms with Gasteiger partial charge in [-0.3, -0.25) is 0 Å². The lowest BCUT2D eigenvalue weighted by Crippen LogP contribution is -2.14. The predicted molar refractivity (Wildman–Crippen MR) is 78.8 cm³/mol. The minimum absolute atomic E-state index is 0.263. The first-order chi connectivity index (χ1) is 9.83. The Bertz CT molecular complexity index is 775. The van der Waals surface area contributed by atoms with Crippen molar-refractivity contribution in [2.24, 2.45) is 15.9 Å². The summed E-state index contributed by atoms with van der Waals surface area (Å²) in [6.45, 7) is 0. The van der Waals surface area contributed by atoms with Crippen LogP contribution in [0.25, 0.3) is 10.9 Å². The molecule has 0 spiro atoms. The second kappa shape index (κ2) is 5.36. The van der Waals surface area contributed by atoms with Crippen LogP contribution in [0.1, 0.15) is 11.5 Å². The molecule has 0 bridgehead atoms. The third kappa shape index (κ3) is 2.56. The summed E-state index contributed by atoms with van der Waals surface area (Å²) in [5.41, 5.74) is 7.34. The molecule has 98 valence electrons. The van der Waals surface area contributed by atoms with E-state index in [1.807, 2.05) is 36.4 Å². The molecule has 2 N–H and O–H groups in total. The monoisotopic (exact) mass is 264 g/mol. The maximum atomic E-state index is 5.87. The maximum Gasteiger partial charge on any atom is 0.172 e. The highest BCUT2D eigenvalue weighted by molar-refractivity contribution is 5.97. The third-order valence-corrected chi connectivity index (χ3v) is 2.75. The average Bonchev–Trinajstić information content (AvgIpc) is 3.00. The molecule has 3 aromatic rings. The maximum absolute atomic E-state index is 5.87. The van der Waals surface area contributed by atoms with Gasteiger partial charge in [0.15, 0.2) is 5.84 Å². The lowest BCUT2D eigenvalue weighted by atomic mass is 10.2. The smallest absolute Gasteiger partial charge is 0.172 e. The second-order valence-corrected chi connectivity index (χ2v) is 4.13. The quantitative estimate of drug-likeness (QED) is 0.448. The molecule has 0 saturated carbocycles. The number of hydrogen-bond donors (Lipinski definition) is 1. The molecule has 0 aliphatic carbocycles. The fourth-order valence-electron chi connectivity index (χ4n) is 1.77. The first-order valence-electron chi connectivity index (χ1n) is 6.09. The van der Waals surface area contributed by atoms with Crippen molar-refractivity contribution in [1.82, 2.24) is 4.98 Å². The lowest BCUT2D eigenvalue weighted by Gasteiger charge is -2.00. The van der Waals surface area contributed by atoms with Gasteiger partial charge < -0.3 is 10.2 Å². The Morgan fingerprint density at radius 2 is 2.00 bits per heavy atom. The van der Waals surface area contributed by atoms with Crippen molar-refractivity contribution in [2.75, 3.05) is 0 Å². The molecule has 0 saturated heterocycles. The van der Waals surface area contributed by atoms with Crippen LogP contribution in [0.2, 0.25) is 0 Å². The van der Waals surface area contributed by atoms with E-state index in [-0.39, 0.29) is 5.84 Å². The number of nitrogens with zero attached hydrogens (tertiary/aromatic N) is 3. The van der Waals surface area contributed by atoms with Gasteiger partial charge in [0.2, 0.25) is 0 Å². The molecule has 0 fully saturated rings. The molecule has 2 aromatic heterocycles. The molecule has 0 amide bonds. The molecule has 2 heterocycles. The first-order valence-corrected chi connectivity index (χ1v) is 6.09. The van der Waals surface area contributed by atoms with E-state index in [0.717, 1.165) is 10.9 Å². The fraction of sp³-hybridized carbons (Fsp3) is 0. The van der Waals surface area contributed by atoms with E-state index in [2.05, 4.69) is 15.2 Å². The van der Waals surface area contributed by atoms with E-state index in [1.54, 1.807) is 18.4 Å². The van der Waals surface area contributed by atoms with E-state index < -0.39 is 0 Å². The summed E-state index contributed by atoms with van der Waals surface area (Å²) in [7, 11) is 0. The number of amidine groups is 1. The molecule has 3 rings (SSSR count). The summed E-state index contributed by atoms with van der Waals surface area (Å²) in [5.74, 6) is 0.881. The third-order valence-electron chi connectivity index (χ3n) is 2.75. The molecule has 20 heavy (non-hydrogen) atoms. The Kier molecular flexibility index (Phi) is 3.24. The Hall–Kier alpha value is -2.95. The lowest BCUT2D eigenvalue weighted by molar-refractivity contribution is 0.560. The van der Waals surface area contributed by atoms with Gasteiger partial charge in [-0.2, -0.15) is 5.10 Å². The molecule has 0 unspecified atom stereocenters. The van der Waals surface area contributed by atoms with E-state index in [1.165, 1.54) is 6.21 Å².